The van der Waals surface area contributed by atoms with Crippen LogP contribution < -0.4 is 0 Å². The maximum absolute atomic E-state index is 14.6. The molecule has 2 amide bonds. The average Bonchev–Trinajstić information content (AvgIpc) is 3.74. The molecule has 0 bridgehead atoms. The third-order valence-electron chi connectivity index (χ3n) is 6.81. The van der Waals surface area contributed by atoms with Crippen LogP contribution in [-0.4, -0.2) is 71.6 Å². The molecule has 1 aliphatic heterocycles. The van der Waals surface area contributed by atoms with Gasteiger partial charge in [-0.3, -0.25) is 9.69 Å². The van der Waals surface area contributed by atoms with Gasteiger partial charge in [-0.15, -0.1) is 0 Å². The molecular weight excluding hydrogens is 555 g/mol. The van der Waals surface area contributed by atoms with Gasteiger partial charge < -0.3 is 24.2 Å². The van der Waals surface area contributed by atoms with Gasteiger partial charge in [-0.1, -0.05) is 47.5 Å². The van der Waals surface area contributed by atoms with E-state index in [1.807, 2.05) is 17.0 Å². The van der Waals surface area contributed by atoms with E-state index >= 15 is 0 Å². The molecule has 1 atom stereocenters. The molecule has 0 spiro atoms. The molecule has 1 saturated carbocycles. The fourth-order valence-corrected chi connectivity index (χ4v) is 5.21. The Hall–Kier alpha value is -2.78. The molecule has 10 heteroatoms. The SMILES string of the molecule is COCOC[C@@H]1C(C(=O)N(Cc2cccc(Cl)c2Cl)C2CC2)=C(c2ccc(O)cc2)CCN1C(=O)OC(C)(C)C. The monoisotopic (exact) mass is 590 g/mol. The van der Waals surface area contributed by atoms with Crippen molar-refractivity contribution >= 4 is 40.8 Å². The molecule has 4 rings (SSSR count). The van der Waals surface area contributed by atoms with E-state index in [1.54, 1.807) is 56.0 Å². The highest BCUT2D eigenvalue weighted by Gasteiger charge is 2.43. The summed E-state index contributed by atoms with van der Waals surface area (Å²) < 4.78 is 16.6. The van der Waals surface area contributed by atoms with Crippen molar-refractivity contribution in [3.8, 4) is 5.75 Å². The fourth-order valence-electron chi connectivity index (χ4n) is 4.83. The lowest BCUT2D eigenvalue weighted by atomic mass is 9.87. The van der Waals surface area contributed by atoms with Gasteiger partial charge in [0.05, 0.1) is 22.7 Å². The minimum absolute atomic E-state index is 0.000860. The van der Waals surface area contributed by atoms with Gasteiger partial charge >= 0.3 is 6.09 Å². The number of carbonyl (C=O) groups excluding carboxylic acids is 2. The Morgan fingerprint density at radius 2 is 1.80 bits per heavy atom. The number of aromatic hydroxyl groups is 1. The van der Waals surface area contributed by atoms with Crippen molar-refractivity contribution in [3.63, 3.8) is 0 Å². The highest BCUT2D eigenvalue weighted by Crippen LogP contribution is 2.38. The molecular formula is C30H36Cl2N2O6. The van der Waals surface area contributed by atoms with Crippen LogP contribution in [0.2, 0.25) is 10.0 Å². The zero-order chi connectivity index (χ0) is 29.0. The van der Waals surface area contributed by atoms with E-state index in [-0.39, 0.29) is 37.6 Å². The Kier molecular flexibility index (Phi) is 9.67. The second kappa shape index (κ2) is 12.8. The predicted molar refractivity (Wildman–Crippen MR) is 154 cm³/mol. The summed E-state index contributed by atoms with van der Waals surface area (Å²) >= 11 is 12.8. The average molecular weight is 592 g/mol. The number of amides is 2. The van der Waals surface area contributed by atoms with Crippen LogP contribution in [-0.2, 0) is 25.5 Å². The zero-order valence-corrected chi connectivity index (χ0v) is 24.8. The molecule has 0 saturated heterocycles. The highest BCUT2D eigenvalue weighted by atomic mass is 35.5. The number of ether oxygens (including phenoxy) is 3. The summed E-state index contributed by atoms with van der Waals surface area (Å²) in [6.07, 6.45) is 1.63. The third kappa shape index (κ3) is 7.29. The van der Waals surface area contributed by atoms with Gasteiger partial charge in [-0.2, -0.15) is 0 Å². The first-order valence-corrected chi connectivity index (χ1v) is 14.1. The molecule has 2 aromatic carbocycles. The molecule has 1 fully saturated rings. The van der Waals surface area contributed by atoms with E-state index in [0.717, 1.165) is 29.5 Å². The van der Waals surface area contributed by atoms with Gasteiger partial charge in [-0.25, -0.2) is 4.79 Å². The van der Waals surface area contributed by atoms with E-state index in [4.69, 9.17) is 37.4 Å². The Morgan fingerprint density at radius 3 is 2.42 bits per heavy atom. The molecule has 2 aromatic rings. The van der Waals surface area contributed by atoms with Crippen LogP contribution in [0.3, 0.4) is 0 Å². The van der Waals surface area contributed by atoms with Gasteiger partial charge in [0.25, 0.3) is 5.91 Å². The second-order valence-electron chi connectivity index (χ2n) is 11.0. The summed E-state index contributed by atoms with van der Waals surface area (Å²) in [5, 5.41) is 10.7. The molecule has 40 heavy (non-hydrogen) atoms. The highest BCUT2D eigenvalue weighted by molar-refractivity contribution is 6.42. The van der Waals surface area contributed by atoms with Crippen LogP contribution in [0.25, 0.3) is 5.57 Å². The van der Waals surface area contributed by atoms with Crippen molar-refractivity contribution in [1.29, 1.82) is 0 Å². The van der Waals surface area contributed by atoms with Crippen molar-refractivity contribution in [2.24, 2.45) is 0 Å². The van der Waals surface area contributed by atoms with Crippen LogP contribution in [0.5, 0.6) is 5.75 Å². The number of carbonyl (C=O) groups is 2. The quantitative estimate of drug-likeness (QED) is 0.273. The number of hydrogen-bond acceptors (Lipinski definition) is 6. The standard InChI is InChI=1S/C30H36Cl2N2O6/c1-30(2,3)40-29(37)33-15-14-23(19-8-12-22(35)13-9-19)26(25(33)17-39-18-38-4)28(36)34(21-10-11-21)16-20-6-5-7-24(31)27(20)32/h5-9,12-13,21,25,35H,10-11,14-18H2,1-4H3/t25-/m1/s1. The molecule has 8 nitrogen and oxygen atoms in total. The number of phenols is 1. The number of nitrogens with zero attached hydrogens (tertiary/aromatic N) is 2. The van der Waals surface area contributed by atoms with Crippen molar-refractivity contribution in [1.82, 2.24) is 9.80 Å². The third-order valence-corrected chi connectivity index (χ3v) is 7.67. The Balaban J connectivity index is 1.81. The van der Waals surface area contributed by atoms with Gasteiger partial charge in [0.2, 0.25) is 0 Å². The molecule has 1 heterocycles. The zero-order valence-electron chi connectivity index (χ0n) is 23.3. The van der Waals surface area contributed by atoms with Crippen molar-refractivity contribution < 1.29 is 28.9 Å². The van der Waals surface area contributed by atoms with E-state index in [2.05, 4.69) is 0 Å². The maximum atomic E-state index is 14.6. The van der Waals surface area contributed by atoms with Gasteiger partial charge in [0.15, 0.2) is 0 Å². The summed E-state index contributed by atoms with van der Waals surface area (Å²) in [6, 6.07) is 11.4. The summed E-state index contributed by atoms with van der Waals surface area (Å²) in [4.78, 5) is 31.4. The number of rotatable bonds is 9. The van der Waals surface area contributed by atoms with Gasteiger partial charge in [0.1, 0.15) is 18.1 Å². The maximum Gasteiger partial charge on any atom is 0.410 e. The van der Waals surface area contributed by atoms with E-state index in [9.17, 15) is 14.7 Å². The summed E-state index contributed by atoms with van der Waals surface area (Å²) in [5.74, 6) is -0.0838. The van der Waals surface area contributed by atoms with Crippen molar-refractivity contribution in [2.75, 3.05) is 27.1 Å². The van der Waals surface area contributed by atoms with Gasteiger partial charge in [0, 0.05) is 31.8 Å². The number of phenolic OH excluding ortho intramolecular Hbond substituents is 1. The topological polar surface area (TPSA) is 88.5 Å². The number of hydrogen-bond donors (Lipinski definition) is 1. The Bertz CT molecular complexity index is 1250. The number of halogens is 2. The normalized spacial score (nSPS) is 17.6. The first kappa shape index (κ1) is 30.2. The summed E-state index contributed by atoms with van der Waals surface area (Å²) in [6.45, 7) is 6.04. The first-order chi connectivity index (χ1) is 19.0. The molecule has 0 unspecified atom stereocenters. The molecule has 0 aromatic heterocycles. The fraction of sp³-hybridized carbons (Fsp3) is 0.467. The van der Waals surface area contributed by atoms with Crippen LogP contribution in [0.1, 0.15) is 51.2 Å². The molecule has 1 aliphatic carbocycles. The lowest BCUT2D eigenvalue weighted by molar-refractivity contribution is -0.129. The summed E-state index contributed by atoms with van der Waals surface area (Å²) in [5.41, 5.74) is 2.05. The smallest absolute Gasteiger partial charge is 0.410 e. The van der Waals surface area contributed by atoms with Crippen LogP contribution in [0, 0.1) is 0 Å². The minimum atomic E-state index is -0.730. The molecule has 1 N–H and O–H groups in total. The molecule has 0 radical (unpaired) electrons. The van der Waals surface area contributed by atoms with Crippen LogP contribution in [0.15, 0.2) is 48.0 Å². The first-order valence-electron chi connectivity index (χ1n) is 13.3. The van der Waals surface area contributed by atoms with E-state index in [1.165, 1.54) is 7.11 Å². The second-order valence-corrected chi connectivity index (χ2v) is 11.8. The minimum Gasteiger partial charge on any atom is -0.508 e. The van der Waals surface area contributed by atoms with E-state index in [0.29, 0.717) is 28.6 Å². The lowest BCUT2D eigenvalue weighted by Gasteiger charge is -2.40. The Labute approximate surface area is 245 Å². The predicted octanol–water partition coefficient (Wildman–Crippen LogP) is 6.27. The van der Waals surface area contributed by atoms with Crippen molar-refractivity contribution in [2.45, 2.75) is 64.3 Å². The molecule has 2 aliphatic rings. The Morgan fingerprint density at radius 1 is 1.10 bits per heavy atom. The van der Waals surface area contributed by atoms with Crippen LogP contribution in [0.4, 0.5) is 4.79 Å². The largest absolute Gasteiger partial charge is 0.508 e. The summed E-state index contributed by atoms with van der Waals surface area (Å²) in [7, 11) is 1.51. The van der Waals surface area contributed by atoms with Crippen molar-refractivity contribution in [3.05, 3.63) is 69.2 Å². The number of benzene rings is 2. The van der Waals surface area contributed by atoms with Gasteiger partial charge in [-0.05, 0) is 74.9 Å². The lowest BCUT2D eigenvalue weighted by Crippen LogP contribution is -2.52. The van der Waals surface area contributed by atoms with Crippen LogP contribution >= 0.6 is 23.2 Å². The van der Waals surface area contributed by atoms with E-state index < -0.39 is 17.7 Å². The number of methoxy groups -OCH3 is 1. The molecule has 216 valence electrons.